The summed E-state index contributed by atoms with van der Waals surface area (Å²) in [4.78, 5) is 14.6. The fourth-order valence-corrected chi connectivity index (χ4v) is 3.80. The van der Waals surface area contributed by atoms with Gasteiger partial charge in [-0.15, -0.1) is 11.3 Å². The molecule has 0 bridgehead atoms. The molecule has 1 unspecified atom stereocenters. The van der Waals surface area contributed by atoms with Crippen molar-refractivity contribution in [1.29, 1.82) is 0 Å². The van der Waals surface area contributed by atoms with E-state index in [4.69, 9.17) is 0 Å². The number of aromatic nitrogens is 2. The Bertz CT molecular complexity index is 856. The van der Waals surface area contributed by atoms with E-state index < -0.39 is 0 Å². The summed E-state index contributed by atoms with van der Waals surface area (Å²) in [5.41, 5.74) is 3.11. The van der Waals surface area contributed by atoms with Gasteiger partial charge < -0.3 is 5.32 Å². The van der Waals surface area contributed by atoms with E-state index in [0.29, 0.717) is 0 Å². The number of hydrogen-bond donors (Lipinski definition) is 1. The van der Waals surface area contributed by atoms with E-state index in [1.54, 1.807) is 20.5 Å². The van der Waals surface area contributed by atoms with Crippen LogP contribution in [0.15, 0.2) is 35.1 Å². The highest BCUT2D eigenvalue weighted by molar-refractivity contribution is 7.12. The SMILES string of the molecule is CNC(c1ccc2c(c1)n(C)c(=O)n2C)c1ccc(C)s1. The van der Waals surface area contributed by atoms with E-state index in [-0.39, 0.29) is 11.7 Å². The quantitative estimate of drug-likeness (QED) is 0.807. The molecule has 0 amide bonds. The Labute approximate surface area is 127 Å². The van der Waals surface area contributed by atoms with Crippen LogP contribution in [-0.2, 0) is 14.1 Å². The van der Waals surface area contributed by atoms with Gasteiger partial charge in [0.25, 0.3) is 0 Å². The summed E-state index contributed by atoms with van der Waals surface area (Å²) in [7, 11) is 5.59. The smallest absolute Gasteiger partial charge is 0.309 e. The molecule has 1 N–H and O–H groups in total. The summed E-state index contributed by atoms with van der Waals surface area (Å²) < 4.78 is 3.38. The van der Waals surface area contributed by atoms with E-state index >= 15 is 0 Å². The van der Waals surface area contributed by atoms with Gasteiger partial charge in [0.05, 0.1) is 17.1 Å². The lowest BCUT2D eigenvalue weighted by molar-refractivity contribution is 0.704. The average Bonchev–Trinajstić information content (AvgIpc) is 2.99. The van der Waals surface area contributed by atoms with Gasteiger partial charge in [-0.25, -0.2) is 4.79 Å². The number of benzene rings is 1. The van der Waals surface area contributed by atoms with Crippen LogP contribution < -0.4 is 11.0 Å². The molecule has 110 valence electrons. The molecule has 5 heteroatoms. The van der Waals surface area contributed by atoms with E-state index in [2.05, 4.69) is 36.5 Å². The molecule has 0 saturated carbocycles. The summed E-state index contributed by atoms with van der Waals surface area (Å²) in [5, 5.41) is 3.37. The van der Waals surface area contributed by atoms with Crippen molar-refractivity contribution in [3.05, 3.63) is 56.1 Å². The molecule has 0 aliphatic heterocycles. The summed E-state index contributed by atoms with van der Waals surface area (Å²) in [6.07, 6.45) is 0. The number of hydrogen-bond acceptors (Lipinski definition) is 3. The van der Waals surface area contributed by atoms with E-state index in [0.717, 1.165) is 11.0 Å². The number of nitrogens with one attached hydrogen (secondary N) is 1. The van der Waals surface area contributed by atoms with Crippen LogP contribution in [-0.4, -0.2) is 16.2 Å². The number of rotatable bonds is 3. The predicted molar refractivity (Wildman–Crippen MR) is 88.1 cm³/mol. The van der Waals surface area contributed by atoms with Gasteiger partial charge in [-0.1, -0.05) is 6.07 Å². The molecule has 1 atom stereocenters. The Morgan fingerprint density at radius 3 is 2.43 bits per heavy atom. The highest BCUT2D eigenvalue weighted by Crippen LogP contribution is 2.29. The number of aryl methyl sites for hydroxylation is 3. The molecular formula is C16H19N3OS. The molecule has 0 radical (unpaired) electrons. The largest absolute Gasteiger partial charge is 0.328 e. The first-order chi connectivity index (χ1) is 10.0. The Hall–Kier alpha value is -1.85. The molecule has 0 aliphatic rings. The lowest BCUT2D eigenvalue weighted by Crippen LogP contribution is -2.19. The zero-order chi connectivity index (χ0) is 15.1. The second kappa shape index (κ2) is 5.16. The van der Waals surface area contributed by atoms with E-state index in [9.17, 15) is 4.79 Å². The number of fused-ring (bicyclic) bond motifs is 1. The third-order valence-corrected chi connectivity index (χ3v) is 5.03. The average molecular weight is 301 g/mol. The topological polar surface area (TPSA) is 39.0 Å². The van der Waals surface area contributed by atoms with Crippen LogP contribution in [0.1, 0.15) is 21.4 Å². The molecule has 0 aliphatic carbocycles. The zero-order valence-electron chi connectivity index (χ0n) is 12.7. The Balaban J connectivity index is 2.15. The van der Waals surface area contributed by atoms with Crippen molar-refractivity contribution in [2.24, 2.45) is 14.1 Å². The minimum Gasteiger partial charge on any atom is -0.309 e. The van der Waals surface area contributed by atoms with Gasteiger partial charge in [-0.3, -0.25) is 9.13 Å². The Morgan fingerprint density at radius 2 is 1.81 bits per heavy atom. The molecule has 0 fully saturated rings. The van der Waals surface area contributed by atoms with Crippen molar-refractivity contribution in [2.45, 2.75) is 13.0 Å². The molecule has 0 saturated heterocycles. The van der Waals surface area contributed by atoms with Crippen LogP contribution >= 0.6 is 11.3 Å². The van der Waals surface area contributed by atoms with Crippen molar-refractivity contribution in [3.63, 3.8) is 0 Å². The summed E-state index contributed by atoms with van der Waals surface area (Å²) in [6.45, 7) is 2.12. The predicted octanol–water partition coefficient (Wildman–Crippen LogP) is 2.56. The molecule has 4 nitrogen and oxygen atoms in total. The van der Waals surface area contributed by atoms with Gasteiger partial charge in [0.1, 0.15) is 0 Å². The fourth-order valence-electron chi connectivity index (χ4n) is 2.79. The highest BCUT2D eigenvalue weighted by atomic mass is 32.1. The van der Waals surface area contributed by atoms with Crippen LogP contribution in [0.5, 0.6) is 0 Å². The van der Waals surface area contributed by atoms with Gasteiger partial charge in [-0.2, -0.15) is 0 Å². The molecule has 2 aromatic heterocycles. The Kier molecular flexibility index (Phi) is 3.47. The van der Waals surface area contributed by atoms with Gasteiger partial charge >= 0.3 is 5.69 Å². The van der Waals surface area contributed by atoms with E-state index in [1.807, 2.05) is 27.2 Å². The van der Waals surface area contributed by atoms with Crippen LogP contribution in [0.25, 0.3) is 11.0 Å². The summed E-state index contributed by atoms with van der Waals surface area (Å²) >= 11 is 1.80. The summed E-state index contributed by atoms with van der Waals surface area (Å²) in [6, 6.07) is 10.7. The van der Waals surface area contributed by atoms with Crippen LogP contribution in [0, 0.1) is 6.92 Å². The minimum atomic E-state index is 0.00938. The Morgan fingerprint density at radius 1 is 1.10 bits per heavy atom. The normalized spacial score (nSPS) is 13.0. The standard InChI is InChI=1S/C16H19N3OS/c1-10-5-8-14(21-10)15(17-2)11-6-7-12-13(9-11)19(4)16(20)18(12)3/h5-9,15,17H,1-4H3. The zero-order valence-corrected chi connectivity index (χ0v) is 13.5. The first kappa shape index (κ1) is 14.1. The van der Waals surface area contributed by atoms with Gasteiger partial charge in [0.15, 0.2) is 0 Å². The highest BCUT2D eigenvalue weighted by Gasteiger charge is 2.16. The lowest BCUT2D eigenvalue weighted by Gasteiger charge is -2.15. The van der Waals surface area contributed by atoms with Crippen molar-refractivity contribution < 1.29 is 0 Å². The molecule has 3 rings (SSSR count). The number of nitrogens with zero attached hydrogens (tertiary/aromatic N) is 2. The first-order valence-electron chi connectivity index (χ1n) is 6.92. The van der Waals surface area contributed by atoms with Crippen molar-refractivity contribution in [1.82, 2.24) is 14.5 Å². The third-order valence-electron chi connectivity index (χ3n) is 3.96. The van der Waals surface area contributed by atoms with Gasteiger partial charge in [0.2, 0.25) is 0 Å². The van der Waals surface area contributed by atoms with Gasteiger partial charge in [-0.05, 0) is 43.8 Å². The molecule has 2 heterocycles. The second-order valence-electron chi connectivity index (χ2n) is 5.32. The van der Waals surface area contributed by atoms with Crippen LogP contribution in [0.3, 0.4) is 0 Å². The second-order valence-corrected chi connectivity index (χ2v) is 6.64. The molecular weight excluding hydrogens is 282 g/mol. The lowest BCUT2D eigenvalue weighted by atomic mass is 10.0. The first-order valence-corrected chi connectivity index (χ1v) is 7.73. The van der Waals surface area contributed by atoms with Crippen LogP contribution in [0.2, 0.25) is 0 Å². The van der Waals surface area contributed by atoms with Gasteiger partial charge in [0, 0.05) is 23.8 Å². The maximum absolute atomic E-state index is 12.0. The van der Waals surface area contributed by atoms with Crippen molar-refractivity contribution in [3.8, 4) is 0 Å². The van der Waals surface area contributed by atoms with Crippen LogP contribution in [0.4, 0.5) is 0 Å². The molecule has 0 spiro atoms. The third kappa shape index (κ3) is 2.22. The molecule has 1 aromatic carbocycles. The fraction of sp³-hybridized carbons (Fsp3) is 0.312. The molecule has 21 heavy (non-hydrogen) atoms. The maximum atomic E-state index is 12.0. The summed E-state index contributed by atoms with van der Waals surface area (Å²) in [5.74, 6) is 0. The number of thiophene rings is 1. The number of imidazole rings is 1. The monoisotopic (exact) mass is 301 g/mol. The van der Waals surface area contributed by atoms with E-state index in [1.165, 1.54) is 15.3 Å². The minimum absolute atomic E-state index is 0.00938. The van der Waals surface area contributed by atoms with Crippen molar-refractivity contribution >= 4 is 22.4 Å². The molecule has 3 aromatic rings. The van der Waals surface area contributed by atoms with Crippen molar-refractivity contribution in [2.75, 3.05) is 7.05 Å². The maximum Gasteiger partial charge on any atom is 0.328 e.